The summed E-state index contributed by atoms with van der Waals surface area (Å²) in [5.41, 5.74) is 2.45. The summed E-state index contributed by atoms with van der Waals surface area (Å²) in [5, 5.41) is 0. The number of hydrogen-bond acceptors (Lipinski definition) is 4. The van der Waals surface area contributed by atoms with Crippen LogP contribution in [0.1, 0.15) is 25.3 Å². The van der Waals surface area contributed by atoms with E-state index in [1.807, 2.05) is 13.0 Å². The van der Waals surface area contributed by atoms with Crippen LogP contribution in [0.4, 0.5) is 0 Å². The van der Waals surface area contributed by atoms with Crippen LogP contribution < -0.4 is 0 Å². The Bertz CT molecular complexity index is 917. The van der Waals surface area contributed by atoms with Crippen LogP contribution in [0.3, 0.4) is 0 Å². The fourth-order valence-electron chi connectivity index (χ4n) is 4.60. The zero-order valence-electron chi connectivity index (χ0n) is 18.3. The molecule has 0 N–H and O–H groups in total. The minimum absolute atomic E-state index is 0.0334. The fraction of sp³-hybridized carbons (Fsp3) is 0.462. The van der Waals surface area contributed by atoms with Crippen molar-refractivity contribution >= 4 is 17.9 Å². The Labute approximate surface area is 185 Å². The van der Waals surface area contributed by atoms with Crippen molar-refractivity contribution in [3.05, 3.63) is 53.6 Å². The Kier molecular flexibility index (Phi) is 7.01. The molecule has 0 aromatic heterocycles. The summed E-state index contributed by atoms with van der Waals surface area (Å²) in [5.74, 6) is 5.85. The van der Waals surface area contributed by atoms with Crippen molar-refractivity contribution in [2.45, 2.75) is 19.8 Å². The molecule has 2 amide bonds. The Hall–Kier alpha value is -2.68. The molecule has 2 heterocycles. The lowest BCUT2D eigenvalue weighted by atomic mass is 9.82. The minimum Gasteiger partial charge on any atom is -0.297 e. The zero-order chi connectivity index (χ0) is 21.6. The number of carbonyl (C=O) groups excluding carboxylic acids is 2. The standard InChI is InChI=1S/C26H31N3O2/c1-21-11-12-23-24(20-21)26(31)29(25(23)30)15-6-5-13-27-16-18-28(19-17-27)14-7-10-22-8-3-2-4-9-22/h2-4,7-11,23-24H,12-20H2,1H3/b10-7+/t23-,24-/m1/s1. The van der Waals surface area contributed by atoms with Gasteiger partial charge in [-0.2, -0.15) is 0 Å². The maximum atomic E-state index is 12.6. The van der Waals surface area contributed by atoms with Gasteiger partial charge in [0.05, 0.1) is 24.9 Å². The van der Waals surface area contributed by atoms with Gasteiger partial charge in [-0.05, 0) is 25.3 Å². The highest BCUT2D eigenvalue weighted by Gasteiger charge is 2.47. The maximum Gasteiger partial charge on any atom is 0.234 e. The molecule has 3 aliphatic rings. The van der Waals surface area contributed by atoms with Gasteiger partial charge in [-0.1, -0.05) is 66.0 Å². The predicted molar refractivity (Wildman–Crippen MR) is 123 cm³/mol. The summed E-state index contributed by atoms with van der Waals surface area (Å²) in [6.07, 6.45) is 7.90. The molecule has 2 fully saturated rings. The van der Waals surface area contributed by atoms with Gasteiger partial charge in [0.15, 0.2) is 0 Å². The summed E-state index contributed by atoms with van der Waals surface area (Å²) in [6.45, 7) is 7.96. The first-order valence-electron chi connectivity index (χ1n) is 11.2. The summed E-state index contributed by atoms with van der Waals surface area (Å²) < 4.78 is 0. The Balaban J connectivity index is 1.18. The number of piperazine rings is 1. The molecule has 2 atom stereocenters. The molecular weight excluding hydrogens is 386 g/mol. The van der Waals surface area contributed by atoms with Gasteiger partial charge >= 0.3 is 0 Å². The van der Waals surface area contributed by atoms with E-state index in [4.69, 9.17) is 0 Å². The molecule has 31 heavy (non-hydrogen) atoms. The van der Waals surface area contributed by atoms with Crippen LogP contribution in [-0.4, -0.2) is 72.3 Å². The van der Waals surface area contributed by atoms with Gasteiger partial charge in [-0.15, -0.1) is 0 Å². The third-order valence-corrected chi connectivity index (χ3v) is 6.52. The van der Waals surface area contributed by atoms with E-state index < -0.39 is 0 Å². The average molecular weight is 418 g/mol. The van der Waals surface area contributed by atoms with Gasteiger partial charge in [-0.3, -0.25) is 24.3 Å². The van der Waals surface area contributed by atoms with Crippen LogP contribution in [0.2, 0.25) is 0 Å². The first-order valence-corrected chi connectivity index (χ1v) is 11.2. The van der Waals surface area contributed by atoms with Crippen LogP contribution in [-0.2, 0) is 9.59 Å². The quantitative estimate of drug-likeness (QED) is 0.420. The van der Waals surface area contributed by atoms with E-state index in [-0.39, 0.29) is 30.2 Å². The molecule has 0 radical (unpaired) electrons. The number of nitrogens with zero attached hydrogens (tertiary/aromatic N) is 3. The largest absolute Gasteiger partial charge is 0.297 e. The third kappa shape index (κ3) is 5.33. The second kappa shape index (κ2) is 10.1. The van der Waals surface area contributed by atoms with Crippen molar-refractivity contribution in [2.75, 3.05) is 45.8 Å². The van der Waals surface area contributed by atoms with Crippen LogP contribution in [0.25, 0.3) is 6.08 Å². The number of imide groups is 1. The number of carbonyl (C=O) groups is 2. The SMILES string of the molecule is CC1=CC[C@H]2C(=O)N(CC#CCN3CCN(C/C=C/c4ccccc4)CC3)C(=O)[C@@H]2C1. The van der Waals surface area contributed by atoms with Gasteiger partial charge in [0.1, 0.15) is 0 Å². The van der Waals surface area contributed by atoms with Crippen LogP contribution >= 0.6 is 0 Å². The Morgan fingerprint density at radius 1 is 0.935 bits per heavy atom. The molecule has 0 unspecified atom stereocenters. The van der Waals surface area contributed by atoms with Gasteiger partial charge in [0.25, 0.3) is 0 Å². The highest BCUT2D eigenvalue weighted by Crippen LogP contribution is 2.37. The van der Waals surface area contributed by atoms with Gasteiger partial charge in [0, 0.05) is 32.7 Å². The average Bonchev–Trinajstić information content (AvgIpc) is 3.02. The number of amides is 2. The predicted octanol–water partition coefficient (Wildman–Crippen LogP) is 2.66. The highest BCUT2D eigenvalue weighted by molar-refractivity contribution is 6.05. The molecule has 2 saturated heterocycles. The second-order valence-electron chi connectivity index (χ2n) is 8.71. The molecule has 0 spiro atoms. The lowest BCUT2D eigenvalue weighted by Crippen LogP contribution is -2.46. The molecule has 1 aromatic carbocycles. The van der Waals surface area contributed by atoms with Crippen molar-refractivity contribution in [1.29, 1.82) is 0 Å². The molecule has 1 aliphatic carbocycles. The lowest BCUT2D eigenvalue weighted by molar-refractivity contribution is -0.139. The number of fused-ring (bicyclic) bond motifs is 1. The van der Waals surface area contributed by atoms with Crippen molar-refractivity contribution in [3.8, 4) is 11.8 Å². The van der Waals surface area contributed by atoms with Crippen LogP contribution in [0.15, 0.2) is 48.1 Å². The first kappa shape index (κ1) is 21.5. The van der Waals surface area contributed by atoms with E-state index >= 15 is 0 Å². The van der Waals surface area contributed by atoms with Gasteiger partial charge in [0.2, 0.25) is 11.8 Å². The smallest absolute Gasteiger partial charge is 0.234 e. The number of rotatable bonds is 5. The second-order valence-corrected chi connectivity index (χ2v) is 8.71. The number of benzene rings is 1. The van der Waals surface area contributed by atoms with E-state index in [1.54, 1.807) is 0 Å². The maximum absolute atomic E-state index is 12.6. The van der Waals surface area contributed by atoms with E-state index in [0.717, 1.165) is 32.7 Å². The molecule has 1 aromatic rings. The molecule has 4 rings (SSSR count). The molecule has 162 valence electrons. The van der Waals surface area contributed by atoms with Crippen molar-refractivity contribution in [2.24, 2.45) is 11.8 Å². The summed E-state index contributed by atoms with van der Waals surface area (Å²) in [6, 6.07) is 10.4. The third-order valence-electron chi connectivity index (χ3n) is 6.52. The van der Waals surface area contributed by atoms with Crippen LogP contribution in [0.5, 0.6) is 0 Å². The number of hydrogen-bond donors (Lipinski definition) is 0. The number of allylic oxidation sites excluding steroid dienone is 2. The van der Waals surface area contributed by atoms with Crippen LogP contribution in [0, 0.1) is 23.7 Å². The molecule has 0 saturated carbocycles. The monoisotopic (exact) mass is 417 g/mol. The molecular formula is C26H31N3O2. The topological polar surface area (TPSA) is 43.9 Å². The Morgan fingerprint density at radius 3 is 2.39 bits per heavy atom. The van der Waals surface area contributed by atoms with E-state index in [0.29, 0.717) is 19.4 Å². The molecule has 5 heteroatoms. The number of likely N-dealkylation sites (tertiary alicyclic amines) is 1. The molecule has 5 nitrogen and oxygen atoms in total. The lowest BCUT2D eigenvalue weighted by Gasteiger charge is -2.32. The molecule has 0 bridgehead atoms. The van der Waals surface area contributed by atoms with Gasteiger partial charge in [-0.25, -0.2) is 0 Å². The zero-order valence-corrected chi connectivity index (χ0v) is 18.3. The summed E-state index contributed by atoms with van der Waals surface area (Å²) in [4.78, 5) is 31.3. The van der Waals surface area contributed by atoms with E-state index in [2.05, 4.69) is 64.1 Å². The summed E-state index contributed by atoms with van der Waals surface area (Å²) in [7, 11) is 0. The minimum atomic E-state index is -0.165. The van der Waals surface area contributed by atoms with Crippen molar-refractivity contribution < 1.29 is 9.59 Å². The van der Waals surface area contributed by atoms with E-state index in [9.17, 15) is 9.59 Å². The van der Waals surface area contributed by atoms with Gasteiger partial charge < -0.3 is 0 Å². The first-order chi connectivity index (χ1) is 15.1. The van der Waals surface area contributed by atoms with E-state index in [1.165, 1.54) is 16.0 Å². The normalized spacial score (nSPS) is 24.8. The fourth-order valence-corrected chi connectivity index (χ4v) is 4.60. The van der Waals surface area contributed by atoms with Crippen molar-refractivity contribution in [1.82, 2.24) is 14.7 Å². The highest BCUT2D eigenvalue weighted by atomic mass is 16.2. The van der Waals surface area contributed by atoms with Crippen molar-refractivity contribution in [3.63, 3.8) is 0 Å². The molecule has 2 aliphatic heterocycles. The Morgan fingerprint density at radius 2 is 1.61 bits per heavy atom. The summed E-state index contributed by atoms with van der Waals surface area (Å²) >= 11 is 0.